The number of para-hydroxylation sites is 1. The third kappa shape index (κ3) is 3.30. The van der Waals surface area contributed by atoms with Crippen molar-refractivity contribution in [1.82, 2.24) is 4.57 Å². The van der Waals surface area contributed by atoms with Gasteiger partial charge in [-0.3, -0.25) is 0 Å². The van der Waals surface area contributed by atoms with Crippen molar-refractivity contribution in [3.05, 3.63) is 59.8 Å². The van der Waals surface area contributed by atoms with Crippen LogP contribution in [-0.4, -0.2) is 40.4 Å². The van der Waals surface area contributed by atoms with E-state index in [9.17, 15) is 9.59 Å². The highest BCUT2D eigenvalue weighted by Gasteiger charge is 2.61. The molecule has 0 amide bonds. The first-order chi connectivity index (χ1) is 14.8. The summed E-state index contributed by atoms with van der Waals surface area (Å²) in [6.45, 7) is 8.00. The predicted octanol–water partition coefficient (Wildman–Crippen LogP) is 4.09. The molecule has 1 aromatic heterocycles. The van der Waals surface area contributed by atoms with Gasteiger partial charge in [-0.05, 0) is 50.8 Å². The highest BCUT2D eigenvalue weighted by Crippen LogP contribution is 2.50. The van der Waals surface area contributed by atoms with Gasteiger partial charge in [-0.25, -0.2) is 9.59 Å². The van der Waals surface area contributed by atoms with Crippen LogP contribution in [0.1, 0.15) is 43.6 Å². The zero-order valence-corrected chi connectivity index (χ0v) is 18.1. The highest BCUT2D eigenvalue weighted by atomic mass is 16.6. The van der Waals surface area contributed by atoms with Crippen LogP contribution in [0.2, 0.25) is 0 Å². The van der Waals surface area contributed by atoms with Crippen molar-refractivity contribution in [3.63, 3.8) is 0 Å². The van der Waals surface area contributed by atoms with Crippen LogP contribution in [0.5, 0.6) is 0 Å². The molecule has 2 saturated heterocycles. The van der Waals surface area contributed by atoms with Crippen molar-refractivity contribution in [1.29, 1.82) is 0 Å². The first-order valence-corrected chi connectivity index (χ1v) is 10.8. The first-order valence-electron chi connectivity index (χ1n) is 10.8. The van der Waals surface area contributed by atoms with Gasteiger partial charge in [0, 0.05) is 29.4 Å². The fourth-order valence-corrected chi connectivity index (χ4v) is 5.00. The fourth-order valence-electron chi connectivity index (χ4n) is 5.00. The number of esters is 2. The van der Waals surface area contributed by atoms with Gasteiger partial charge >= 0.3 is 11.9 Å². The maximum absolute atomic E-state index is 13.1. The first kappa shape index (κ1) is 20.1. The maximum Gasteiger partial charge on any atom is 0.355 e. The number of epoxide rings is 1. The van der Waals surface area contributed by atoms with Gasteiger partial charge in [0.1, 0.15) is 24.0 Å². The molecular formula is C25H27NO5. The zero-order chi connectivity index (χ0) is 21.9. The van der Waals surface area contributed by atoms with Crippen LogP contribution < -0.4 is 0 Å². The molecule has 0 spiro atoms. The molecule has 6 nitrogen and oxygen atoms in total. The molecule has 1 unspecified atom stereocenters. The van der Waals surface area contributed by atoms with E-state index in [0.29, 0.717) is 17.7 Å². The topological polar surface area (TPSA) is 70.1 Å². The number of aryl methyl sites for hydroxylation is 1. The minimum Gasteiger partial charge on any atom is -0.455 e. The highest BCUT2D eigenvalue weighted by molar-refractivity contribution is 5.95. The molecule has 2 aromatic rings. The third-order valence-corrected chi connectivity index (χ3v) is 7.08. The number of allylic oxidation sites excluding steroid dienone is 1. The number of hydrogen-bond acceptors (Lipinski definition) is 5. The number of fused-ring (bicyclic) bond motifs is 4. The molecule has 162 valence electrons. The lowest BCUT2D eigenvalue weighted by molar-refractivity contribution is -0.140. The van der Waals surface area contributed by atoms with Crippen molar-refractivity contribution < 1.29 is 23.8 Å². The minimum absolute atomic E-state index is 0.137. The van der Waals surface area contributed by atoms with Gasteiger partial charge in [0.15, 0.2) is 0 Å². The lowest BCUT2D eigenvalue weighted by atomic mass is 9.83. The molecule has 1 aliphatic carbocycles. The van der Waals surface area contributed by atoms with Gasteiger partial charge < -0.3 is 18.8 Å². The van der Waals surface area contributed by atoms with Crippen LogP contribution in [0.3, 0.4) is 0 Å². The number of aromatic nitrogens is 1. The normalized spacial score (nSPS) is 32.7. The van der Waals surface area contributed by atoms with E-state index in [2.05, 4.69) is 19.6 Å². The molecule has 1 aromatic carbocycles. The van der Waals surface area contributed by atoms with E-state index in [0.717, 1.165) is 29.3 Å². The largest absolute Gasteiger partial charge is 0.455 e. The Morgan fingerprint density at radius 3 is 2.87 bits per heavy atom. The number of carbonyl (C=O) groups is 2. The van der Waals surface area contributed by atoms with Gasteiger partial charge in [0.2, 0.25) is 0 Å². The van der Waals surface area contributed by atoms with Crippen LogP contribution >= 0.6 is 0 Å². The summed E-state index contributed by atoms with van der Waals surface area (Å²) in [5.74, 6) is -1.01. The molecule has 5 atom stereocenters. The SMILES string of the molecule is C=C1C(=O)O[C@@H]2[C@H]3O[C@]3(C)CCC=C(C)C(OC(=O)c3cc4ccccc4n3C)C[C@@H]12. The average Bonchev–Trinajstić information content (AvgIpc) is 3.17. The molecule has 2 fully saturated rings. The molecule has 3 aliphatic rings. The van der Waals surface area contributed by atoms with Crippen molar-refractivity contribution >= 4 is 22.8 Å². The Morgan fingerprint density at radius 1 is 1.32 bits per heavy atom. The zero-order valence-electron chi connectivity index (χ0n) is 18.1. The van der Waals surface area contributed by atoms with Crippen LogP contribution in [0.4, 0.5) is 0 Å². The lowest BCUT2D eigenvalue weighted by Crippen LogP contribution is -2.33. The summed E-state index contributed by atoms with van der Waals surface area (Å²) in [6.07, 6.45) is 3.22. The summed E-state index contributed by atoms with van der Waals surface area (Å²) < 4.78 is 19.5. The van der Waals surface area contributed by atoms with Crippen molar-refractivity contribution in [2.75, 3.05) is 0 Å². The van der Waals surface area contributed by atoms with E-state index in [1.165, 1.54) is 0 Å². The molecule has 0 saturated carbocycles. The summed E-state index contributed by atoms with van der Waals surface area (Å²) in [5.41, 5.74) is 2.60. The number of benzene rings is 1. The smallest absolute Gasteiger partial charge is 0.355 e. The van der Waals surface area contributed by atoms with Gasteiger partial charge in [-0.15, -0.1) is 0 Å². The van der Waals surface area contributed by atoms with E-state index in [4.69, 9.17) is 14.2 Å². The Bertz CT molecular complexity index is 1130. The monoisotopic (exact) mass is 421 g/mol. The van der Waals surface area contributed by atoms with E-state index in [1.54, 1.807) is 0 Å². The Kier molecular flexibility index (Phi) is 4.59. The number of ether oxygens (including phenoxy) is 3. The van der Waals surface area contributed by atoms with Gasteiger partial charge in [0.25, 0.3) is 0 Å². The number of rotatable bonds is 2. The second-order valence-corrected chi connectivity index (χ2v) is 9.12. The summed E-state index contributed by atoms with van der Waals surface area (Å²) in [6, 6.07) is 9.70. The molecule has 6 heteroatoms. The van der Waals surface area contributed by atoms with Crippen LogP contribution in [-0.2, 0) is 26.1 Å². The quantitative estimate of drug-likeness (QED) is 0.316. The number of hydrogen-bond donors (Lipinski definition) is 0. The predicted molar refractivity (Wildman–Crippen MR) is 116 cm³/mol. The molecule has 3 heterocycles. The molecular weight excluding hydrogens is 394 g/mol. The Hall–Kier alpha value is -2.86. The molecule has 2 aliphatic heterocycles. The van der Waals surface area contributed by atoms with Crippen LogP contribution in [0.15, 0.2) is 54.1 Å². The van der Waals surface area contributed by atoms with Gasteiger partial charge in [0.05, 0.1) is 5.60 Å². The second-order valence-electron chi connectivity index (χ2n) is 9.12. The van der Waals surface area contributed by atoms with Crippen LogP contribution in [0.25, 0.3) is 10.9 Å². The van der Waals surface area contributed by atoms with Crippen molar-refractivity contribution in [3.8, 4) is 0 Å². The van der Waals surface area contributed by atoms with Crippen LogP contribution in [0, 0.1) is 5.92 Å². The Balaban J connectivity index is 1.44. The van der Waals surface area contributed by atoms with E-state index >= 15 is 0 Å². The fraction of sp³-hybridized carbons (Fsp3) is 0.440. The maximum atomic E-state index is 13.1. The van der Waals surface area contributed by atoms with Crippen molar-refractivity contribution in [2.24, 2.45) is 13.0 Å². The molecule has 0 radical (unpaired) electrons. The summed E-state index contributed by atoms with van der Waals surface area (Å²) in [5, 5.41) is 0.989. The Labute approximate surface area is 181 Å². The second kappa shape index (κ2) is 7.09. The standard InChI is InChI=1S/C25H27NO5/c1-14-8-7-11-25(3)22(31-25)21-17(15(2)23(27)30-21)13-20(14)29-24(28)19-12-16-9-5-6-10-18(16)26(19)4/h5-6,8-10,12,17,20-22H,2,7,11,13H2,1,3-4H3/t17-,20?,21-,22+,25+/m0/s1. The average molecular weight is 421 g/mol. The van der Waals surface area contributed by atoms with E-state index in [-0.39, 0.29) is 35.7 Å². The minimum atomic E-state index is -0.465. The van der Waals surface area contributed by atoms with E-state index in [1.807, 2.05) is 48.9 Å². The molecule has 0 bridgehead atoms. The van der Waals surface area contributed by atoms with Gasteiger partial charge in [-0.1, -0.05) is 30.9 Å². The summed E-state index contributed by atoms with van der Waals surface area (Å²) >= 11 is 0. The number of carbonyl (C=O) groups excluding carboxylic acids is 2. The summed E-state index contributed by atoms with van der Waals surface area (Å²) in [4.78, 5) is 25.4. The Morgan fingerprint density at radius 2 is 2.10 bits per heavy atom. The van der Waals surface area contributed by atoms with Crippen molar-refractivity contribution in [2.45, 2.75) is 57.0 Å². The van der Waals surface area contributed by atoms with Gasteiger partial charge in [-0.2, -0.15) is 0 Å². The lowest BCUT2D eigenvalue weighted by Gasteiger charge is -2.25. The number of nitrogens with zero attached hydrogens (tertiary/aromatic N) is 1. The summed E-state index contributed by atoms with van der Waals surface area (Å²) in [7, 11) is 1.86. The molecule has 0 N–H and O–H groups in total. The third-order valence-electron chi connectivity index (χ3n) is 7.08. The van der Waals surface area contributed by atoms with E-state index < -0.39 is 6.10 Å². The molecule has 31 heavy (non-hydrogen) atoms. The molecule has 5 rings (SSSR count).